The van der Waals surface area contributed by atoms with Crippen LogP contribution >= 0.6 is 45.2 Å². The van der Waals surface area contributed by atoms with Crippen molar-refractivity contribution in [2.45, 2.75) is 0 Å². The molecule has 0 aliphatic carbocycles. The van der Waals surface area contributed by atoms with Crippen LogP contribution in [-0.4, -0.2) is 0 Å². The molecule has 0 atom stereocenters. The third-order valence-corrected chi connectivity index (χ3v) is 3.57. The molecule has 5 heteroatoms. The first-order chi connectivity index (χ1) is 8.06. The first kappa shape index (κ1) is 12.9. The fraction of sp³-hybridized carbons (Fsp3) is 0. The second-order valence-corrected chi connectivity index (χ2v) is 5.77. The summed E-state index contributed by atoms with van der Waals surface area (Å²) in [6.07, 6.45) is 0. The molecule has 0 saturated carbocycles. The molecule has 0 radical (unpaired) electrons. The number of ether oxygens (including phenoxy) is 1. The number of hydrogen-bond donors (Lipinski definition) is 1. The summed E-state index contributed by atoms with van der Waals surface area (Å²) in [4.78, 5) is 0. The first-order valence-electron chi connectivity index (χ1n) is 4.74. The summed E-state index contributed by atoms with van der Waals surface area (Å²) in [7, 11) is 0. The van der Waals surface area contributed by atoms with Crippen molar-refractivity contribution in [3.05, 3.63) is 49.4 Å². The minimum Gasteiger partial charge on any atom is -0.455 e. The Morgan fingerprint density at radius 2 is 1.88 bits per heavy atom. The number of rotatable bonds is 2. The zero-order chi connectivity index (χ0) is 12.4. The van der Waals surface area contributed by atoms with Crippen LogP contribution in [0.2, 0.25) is 0 Å². The molecule has 17 heavy (non-hydrogen) atoms. The van der Waals surface area contributed by atoms with Gasteiger partial charge in [0, 0.05) is 9.64 Å². The summed E-state index contributed by atoms with van der Waals surface area (Å²) in [5.74, 6) is 0.648. The van der Waals surface area contributed by atoms with Crippen LogP contribution in [0, 0.1) is 13.0 Å². The summed E-state index contributed by atoms with van der Waals surface area (Å²) < 4.78 is 20.5. The van der Waals surface area contributed by atoms with E-state index in [4.69, 9.17) is 10.5 Å². The Balaban J connectivity index is 2.33. The van der Waals surface area contributed by atoms with Crippen molar-refractivity contribution in [3.63, 3.8) is 0 Å². The monoisotopic (exact) mass is 455 g/mol. The van der Waals surface area contributed by atoms with Gasteiger partial charge >= 0.3 is 0 Å². The van der Waals surface area contributed by atoms with Crippen LogP contribution in [0.25, 0.3) is 0 Å². The van der Waals surface area contributed by atoms with E-state index in [0.717, 1.165) is 3.57 Å². The van der Waals surface area contributed by atoms with Crippen LogP contribution in [0.4, 0.5) is 10.1 Å². The average Bonchev–Trinajstić information content (AvgIpc) is 2.26. The summed E-state index contributed by atoms with van der Waals surface area (Å²) in [5.41, 5.74) is 6.20. The Labute approximate surface area is 126 Å². The highest BCUT2D eigenvalue weighted by molar-refractivity contribution is 14.1. The van der Waals surface area contributed by atoms with E-state index in [-0.39, 0.29) is 5.82 Å². The van der Waals surface area contributed by atoms with E-state index >= 15 is 0 Å². The second kappa shape index (κ2) is 5.38. The Kier molecular flexibility index (Phi) is 4.08. The minimum atomic E-state index is -0.333. The van der Waals surface area contributed by atoms with Gasteiger partial charge in [-0.2, -0.15) is 0 Å². The lowest BCUT2D eigenvalue weighted by Gasteiger charge is -2.09. The van der Waals surface area contributed by atoms with E-state index in [1.807, 2.05) is 40.8 Å². The van der Waals surface area contributed by atoms with E-state index in [0.29, 0.717) is 20.8 Å². The van der Waals surface area contributed by atoms with Crippen molar-refractivity contribution in [3.8, 4) is 11.5 Å². The zero-order valence-electron chi connectivity index (χ0n) is 8.58. The molecule has 0 heterocycles. The van der Waals surface area contributed by atoms with Crippen LogP contribution in [0.3, 0.4) is 0 Å². The molecule has 0 fully saturated rings. The number of hydrogen-bond acceptors (Lipinski definition) is 2. The van der Waals surface area contributed by atoms with Gasteiger partial charge in [0.05, 0.1) is 9.26 Å². The number of anilines is 1. The van der Waals surface area contributed by atoms with Gasteiger partial charge in [-0.25, -0.2) is 4.39 Å². The van der Waals surface area contributed by atoms with E-state index in [1.54, 1.807) is 12.1 Å². The fourth-order valence-electron chi connectivity index (χ4n) is 1.29. The van der Waals surface area contributed by atoms with Crippen molar-refractivity contribution >= 4 is 50.9 Å². The van der Waals surface area contributed by atoms with Crippen molar-refractivity contribution in [2.75, 3.05) is 5.73 Å². The standard InChI is InChI=1S/C12H8FI2NO/c13-9-5-12(11(16)6-10(9)15)17-8-3-1-2-7(14)4-8/h1-6H,16H2. The quantitative estimate of drug-likeness (QED) is 0.539. The van der Waals surface area contributed by atoms with E-state index in [1.165, 1.54) is 6.07 Å². The molecule has 0 aliphatic rings. The van der Waals surface area contributed by atoms with E-state index in [2.05, 4.69) is 22.6 Å². The molecule has 2 N–H and O–H groups in total. The topological polar surface area (TPSA) is 35.2 Å². The third-order valence-electron chi connectivity index (χ3n) is 2.08. The summed E-state index contributed by atoms with van der Waals surface area (Å²) in [6, 6.07) is 10.3. The second-order valence-electron chi connectivity index (χ2n) is 3.36. The summed E-state index contributed by atoms with van der Waals surface area (Å²) >= 11 is 4.07. The van der Waals surface area contributed by atoms with Gasteiger partial charge in [0.2, 0.25) is 0 Å². The largest absolute Gasteiger partial charge is 0.455 e. The van der Waals surface area contributed by atoms with Crippen LogP contribution < -0.4 is 10.5 Å². The molecular formula is C12H8FI2NO. The molecular weight excluding hydrogens is 447 g/mol. The number of nitrogens with two attached hydrogens (primary N) is 1. The van der Waals surface area contributed by atoms with Crippen LogP contribution in [0.15, 0.2) is 36.4 Å². The Bertz CT molecular complexity index is 560. The maximum Gasteiger partial charge on any atom is 0.153 e. The van der Waals surface area contributed by atoms with Gasteiger partial charge in [-0.05, 0) is 69.4 Å². The first-order valence-corrected chi connectivity index (χ1v) is 6.90. The highest BCUT2D eigenvalue weighted by atomic mass is 127. The zero-order valence-corrected chi connectivity index (χ0v) is 12.9. The van der Waals surface area contributed by atoms with Gasteiger partial charge in [-0.1, -0.05) is 6.07 Å². The molecule has 88 valence electrons. The highest BCUT2D eigenvalue weighted by Crippen LogP contribution is 2.30. The van der Waals surface area contributed by atoms with Crippen LogP contribution in [-0.2, 0) is 0 Å². The SMILES string of the molecule is Nc1cc(I)c(F)cc1Oc1cccc(I)c1. The molecule has 2 rings (SSSR count). The van der Waals surface area contributed by atoms with Gasteiger partial charge in [-0.15, -0.1) is 0 Å². The average molecular weight is 455 g/mol. The molecule has 0 aliphatic heterocycles. The van der Waals surface area contributed by atoms with Gasteiger partial charge < -0.3 is 10.5 Å². The lowest BCUT2D eigenvalue weighted by molar-refractivity contribution is 0.478. The van der Waals surface area contributed by atoms with Crippen molar-refractivity contribution in [1.82, 2.24) is 0 Å². The molecule has 0 saturated heterocycles. The Morgan fingerprint density at radius 1 is 1.12 bits per heavy atom. The van der Waals surface area contributed by atoms with Crippen LogP contribution in [0.5, 0.6) is 11.5 Å². The lowest BCUT2D eigenvalue weighted by Crippen LogP contribution is -1.95. The Morgan fingerprint density at radius 3 is 2.59 bits per heavy atom. The normalized spacial score (nSPS) is 10.3. The van der Waals surface area contributed by atoms with Gasteiger partial charge in [0.1, 0.15) is 11.6 Å². The minimum absolute atomic E-state index is 0.333. The van der Waals surface area contributed by atoms with Crippen LogP contribution in [0.1, 0.15) is 0 Å². The smallest absolute Gasteiger partial charge is 0.153 e. The Hall–Kier alpha value is -0.570. The summed E-state index contributed by atoms with van der Waals surface area (Å²) in [6.45, 7) is 0. The molecule has 0 amide bonds. The fourth-order valence-corrected chi connectivity index (χ4v) is 2.30. The molecule has 2 aromatic rings. The number of nitrogen functional groups attached to an aromatic ring is 1. The third kappa shape index (κ3) is 3.21. The lowest BCUT2D eigenvalue weighted by atomic mass is 10.3. The van der Waals surface area contributed by atoms with Crippen molar-refractivity contribution in [1.29, 1.82) is 0 Å². The molecule has 0 bridgehead atoms. The number of halogens is 3. The predicted molar refractivity (Wildman–Crippen MR) is 82.8 cm³/mol. The molecule has 0 aromatic heterocycles. The molecule has 0 unspecified atom stereocenters. The predicted octanol–water partition coefficient (Wildman–Crippen LogP) is 4.41. The van der Waals surface area contributed by atoms with Gasteiger partial charge in [0.15, 0.2) is 5.75 Å². The number of benzene rings is 2. The molecule has 0 spiro atoms. The maximum absolute atomic E-state index is 13.4. The maximum atomic E-state index is 13.4. The van der Waals surface area contributed by atoms with Gasteiger partial charge in [-0.3, -0.25) is 0 Å². The molecule has 2 nitrogen and oxygen atoms in total. The van der Waals surface area contributed by atoms with Gasteiger partial charge in [0.25, 0.3) is 0 Å². The van der Waals surface area contributed by atoms with Crippen molar-refractivity contribution < 1.29 is 9.13 Å². The van der Waals surface area contributed by atoms with E-state index in [9.17, 15) is 4.39 Å². The van der Waals surface area contributed by atoms with Crippen molar-refractivity contribution in [2.24, 2.45) is 0 Å². The van der Waals surface area contributed by atoms with E-state index < -0.39 is 0 Å². The molecule has 2 aromatic carbocycles. The highest BCUT2D eigenvalue weighted by Gasteiger charge is 2.08. The summed E-state index contributed by atoms with van der Waals surface area (Å²) in [5, 5.41) is 0.